The third-order valence-corrected chi connectivity index (χ3v) is 8.17. The number of hydrogen-bond donors (Lipinski definition) is 0. The van der Waals surface area contributed by atoms with Gasteiger partial charge in [-0.25, -0.2) is 0 Å². The molecular weight excluding hydrogens is 296 g/mol. The summed E-state index contributed by atoms with van der Waals surface area (Å²) in [5.74, 6) is 4.86. The van der Waals surface area contributed by atoms with Gasteiger partial charge in [-0.2, -0.15) is 0 Å². The predicted octanol–water partition coefficient (Wildman–Crippen LogP) is 5.45. The lowest BCUT2D eigenvalue weighted by molar-refractivity contribution is -0.0978. The van der Waals surface area contributed by atoms with Gasteiger partial charge in [0.2, 0.25) is 0 Å². The molecule has 0 aromatic heterocycles. The van der Waals surface area contributed by atoms with Gasteiger partial charge in [-0.15, -0.1) is 0 Å². The first-order valence-electron chi connectivity index (χ1n) is 10.8. The lowest BCUT2D eigenvalue weighted by Gasteiger charge is -2.56. The highest BCUT2D eigenvalue weighted by atomic mass is 16.5. The van der Waals surface area contributed by atoms with E-state index in [4.69, 9.17) is 9.47 Å². The number of rotatable bonds is 7. The van der Waals surface area contributed by atoms with Crippen LogP contribution in [-0.4, -0.2) is 26.4 Å². The summed E-state index contributed by atoms with van der Waals surface area (Å²) in [7, 11) is 1.86. The second kappa shape index (κ2) is 7.27. The molecule has 138 valence electrons. The first-order valence-corrected chi connectivity index (χ1v) is 10.8. The van der Waals surface area contributed by atoms with Crippen LogP contribution >= 0.6 is 0 Å². The summed E-state index contributed by atoms with van der Waals surface area (Å²) in [6.07, 6.45) is 16.3. The normalized spacial score (nSPS) is 45.5. The molecule has 1 atom stereocenters. The molecule has 0 aromatic rings. The van der Waals surface area contributed by atoms with Crippen LogP contribution in [0.25, 0.3) is 0 Å². The fourth-order valence-electron chi connectivity index (χ4n) is 7.14. The quantitative estimate of drug-likeness (QED) is 0.576. The van der Waals surface area contributed by atoms with Crippen LogP contribution in [0, 0.1) is 35.0 Å². The van der Waals surface area contributed by atoms with Crippen molar-refractivity contribution >= 4 is 0 Å². The van der Waals surface area contributed by atoms with Crippen molar-refractivity contribution in [1.29, 1.82) is 0 Å². The van der Waals surface area contributed by atoms with E-state index in [2.05, 4.69) is 6.92 Å². The minimum absolute atomic E-state index is 0.443. The Kier molecular flexibility index (Phi) is 5.25. The van der Waals surface area contributed by atoms with E-state index >= 15 is 0 Å². The van der Waals surface area contributed by atoms with Crippen molar-refractivity contribution in [3.05, 3.63) is 0 Å². The molecule has 0 heterocycles. The van der Waals surface area contributed by atoms with Crippen molar-refractivity contribution in [3.8, 4) is 0 Å². The Morgan fingerprint density at radius 3 is 2.04 bits per heavy atom. The van der Waals surface area contributed by atoms with E-state index in [9.17, 15) is 0 Å². The molecule has 2 nitrogen and oxygen atoms in total. The standard InChI is InChI=1S/C22H38O2/c1-16(23-2)21-5-3-17(4-6-21)7-8-24-15-22-12-18-9-19(13-22)11-20(10-18)14-22/h16-21H,3-15H2,1-2H3/t16-,17?,18?,19?,20?,21?,22?/m1/s1. The zero-order chi connectivity index (χ0) is 16.6. The maximum absolute atomic E-state index is 6.29. The van der Waals surface area contributed by atoms with E-state index in [0.717, 1.165) is 42.8 Å². The molecule has 5 rings (SSSR count). The first kappa shape index (κ1) is 17.3. The maximum atomic E-state index is 6.29. The zero-order valence-corrected chi connectivity index (χ0v) is 16.0. The molecule has 0 amide bonds. The SMILES string of the molecule is CO[C@H](C)C1CCC(CCOCC23CC4CC(CC(C4)C2)C3)CC1. The molecule has 4 bridgehead atoms. The van der Waals surface area contributed by atoms with Crippen molar-refractivity contribution in [2.75, 3.05) is 20.3 Å². The van der Waals surface area contributed by atoms with Crippen LogP contribution in [0.5, 0.6) is 0 Å². The summed E-state index contributed by atoms with van der Waals surface area (Å²) in [6.45, 7) is 4.32. The topological polar surface area (TPSA) is 18.5 Å². The van der Waals surface area contributed by atoms with E-state index in [1.807, 2.05) is 7.11 Å². The van der Waals surface area contributed by atoms with Crippen molar-refractivity contribution in [1.82, 2.24) is 0 Å². The molecule has 0 aliphatic heterocycles. The Morgan fingerprint density at radius 1 is 0.917 bits per heavy atom. The Hall–Kier alpha value is -0.0800. The molecule has 5 aliphatic rings. The average molecular weight is 335 g/mol. The molecule has 0 unspecified atom stereocenters. The Morgan fingerprint density at radius 2 is 1.50 bits per heavy atom. The van der Waals surface area contributed by atoms with E-state index in [1.54, 1.807) is 19.3 Å². The summed E-state index contributed by atoms with van der Waals surface area (Å²) in [4.78, 5) is 0. The first-order chi connectivity index (χ1) is 11.7. The second-order valence-corrected chi connectivity index (χ2v) is 9.98. The molecule has 5 aliphatic carbocycles. The second-order valence-electron chi connectivity index (χ2n) is 9.98. The molecule has 0 spiro atoms. The van der Waals surface area contributed by atoms with Crippen molar-refractivity contribution in [3.63, 3.8) is 0 Å². The monoisotopic (exact) mass is 334 g/mol. The summed E-state index contributed by atoms with van der Waals surface area (Å²) < 4.78 is 11.8. The van der Waals surface area contributed by atoms with Gasteiger partial charge >= 0.3 is 0 Å². The molecule has 0 saturated heterocycles. The third kappa shape index (κ3) is 3.70. The Labute approximate surface area is 149 Å². The lowest BCUT2D eigenvalue weighted by atomic mass is 9.50. The van der Waals surface area contributed by atoms with Gasteiger partial charge in [-0.05, 0) is 99.7 Å². The molecule has 5 fully saturated rings. The molecule has 0 N–H and O–H groups in total. The number of methoxy groups -OCH3 is 1. The van der Waals surface area contributed by atoms with Gasteiger partial charge in [0.1, 0.15) is 0 Å². The van der Waals surface area contributed by atoms with Crippen LogP contribution in [0.3, 0.4) is 0 Å². The molecule has 24 heavy (non-hydrogen) atoms. The molecule has 5 saturated carbocycles. The van der Waals surface area contributed by atoms with Gasteiger partial charge in [0.05, 0.1) is 12.7 Å². The third-order valence-electron chi connectivity index (χ3n) is 8.17. The summed E-state index contributed by atoms with van der Waals surface area (Å²) >= 11 is 0. The van der Waals surface area contributed by atoms with Crippen molar-refractivity contribution in [2.45, 2.75) is 83.7 Å². The number of ether oxygens (including phenoxy) is 2. The molecule has 0 aromatic carbocycles. The highest BCUT2D eigenvalue weighted by molar-refractivity contribution is 5.01. The van der Waals surface area contributed by atoms with Crippen LogP contribution in [0.15, 0.2) is 0 Å². The van der Waals surface area contributed by atoms with Crippen LogP contribution in [0.2, 0.25) is 0 Å². The molecular formula is C22H38O2. The minimum Gasteiger partial charge on any atom is -0.381 e. The molecule has 0 radical (unpaired) electrons. The number of hydrogen-bond acceptors (Lipinski definition) is 2. The Balaban J connectivity index is 1.16. The fraction of sp³-hybridized carbons (Fsp3) is 1.00. The lowest BCUT2D eigenvalue weighted by Crippen LogP contribution is -2.48. The smallest absolute Gasteiger partial charge is 0.0571 e. The van der Waals surface area contributed by atoms with E-state index < -0.39 is 0 Å². The summed E-state index contributed by atoms with van der Waals surface area (Å²) in [6, 6.07) is 0. The zero-order valence-electron chi connectivity index (χ0n) is 16.0. The van der Waals surface area contributed by atoms with E-state index in [0.29, 0.717) is 11.5 Å². The predicted molar refractivity (Wildman–Crippen MR) is 98.0 cm³/mol. The van der Waals surface area contributed by atoms with Crippen LogP contribution in [0.4, 0.5) is 0 Å². The van der Waals surface area contributed by atoms with Crippen LogP contribution < -0.4 is 0 Å². The van der Waals surface area contributed by atoms with Crippen LogP contribution in [0.1, 0.15) is 77.6 Å². The highest BCUT2D eigenvalue weighted by Crippen LogP contribution is 2.60. The van der Waals surface area contributed by atoms with Gasteiger partial charge in [0.15, 0.2) is 0 Å². The van der Waals surface area contributed by atoms with Crippen molar-refractivity contribution in [2.24, 2.45) is 35.0 Å². The van der Waals surface area contributed by atoms with Crippen LogP contribution in [-0.2, 0) is 9.47 Å². The van der Waals surface area contributed by atoms with Gasteiger partial charge < -0.3 is 9.47 Å². The van der Waals surface area contributed by atoms with Gasteiger partial charge in [0, 0.05) is 13.7 Å². The summed E-state index contributed by atoms with van der Waals surface area (Å²) in [5.41, 5.74) is 0.598. The highest BCUT2D eigenvalue weighted by Gasteiger charge is 2.50. The largest absolute Gasteiger partial charge is 0.381 e. The Bertz CT molecular complexity index is 375. The van der Waals surface area contributed by atoms with Gasteiger partial charge in [0.25, 0.3) is 0 Å². The van der Waals surface area contributed by atoms with Gasteiger partial charge in [-0.3, -0.25) is 0 Å². The van der Waals surface area contributed by atoms with E-state index in [1.165, 1.54) is 51.4 Å². The summed E-state index contributed by atoms with van der Waals surface area (Å²) in [5, 5.41) is 0. The fourth-order valence-corrected chi connectivity index (χ4v) is 7.14. The minimum atomic E-state index is 0.443. The van der Waals surface area contributed by atoms with Gasteiger partial charge in [-0.1, -0.05) is 12.8 Å². The average Bonchev–Trinajstić information content (AvgIpc) is 2.57. The molecule has 2 heteroatoms. The van der Waals surface area contributed by atoms with E-state index in [-0.39, 0.29) is 0 Å². The van der Waals surface area contributed by atoms with Crippen molar-refractivity contribution < 1.29 is 9.47 Å². The maximum Gasteiger partial charge on any atom is 0.0571 e.